The fourth-order valence-electron chi connectivity index (χ4n) is 3.29. The van der Waals surface area contributed by atoms with Crippen LogP contribution in [0.1, 0.15) is 32.0 Å². The van der Waals surface area contributed by atoms with Crippen LogP contribution in [0, 0.1) is 0 Å². The Hall–Kier alpha value is -4.72. The molecular weight excluding hydrogens is 428 g/mol. The first kappa shape index (κ1) is 22.5. The third-order valence-electron chi connectivity index (χ3n) is 5.07. The van der Waals surface area contributed by atoms with Gasteiger partial charge in [0.1, 0.15) is 5.82 Å². The quantitative estimate of drug-likeness (QED) is 0.306. The standard InChI is InChI=1S/C26H24N6O2/c27-25(33)22-17-30-24(14-23(22)29-15-18-6-2-1-3-7-18)32-20-11-9-19(10-12-20)26(34)31-16-21-8-4-5-13-28-21/h1-14,17H,15-16H2,(H2,27,33)(H,31,34)(H2,29,30,32). The highest BCUT2D eigenvalue weighted by Crippen LogP contribution is 2.22. The van der Waals surface area contributed by atoms with Crippen molar-refractivity contribution in [2.24, 2.45) is 5.73 Å². The number of benzene rings is 2. The molecule has 4 rings (SSSR count). The summed E-state index contributed by atoms with van der Waals surface area (Å²) in [4.78, 5) is 32.7. The molecule has 0 aliphatic carbocycles. The lowest BCUT2D eigenvalue weighted by atomic mass is 10.1. The third-order valence-corrected chi connectivity index (χ3v) is 5.07. The van der Waals surface area contributed by atoms with Crippen molar-refractivity contribution in [1.29, 1.82) is 0 Å². The monoisotopic (exact) mass is 452 g/mol. The number of aromatic nitrogens is 2. The van der Waals surface area contributed by atoms with E-state index in [0.717, 1.165) is 16.9 Å². The molecule has 2 amide bonds. The Balaban J connectivity index is 1.41. The van der Waals surface area contributed by atoms with Gasteiger partial charge in [-0.1, -0.05) is 36.4 Å². The molecule has 0 radical (unpaired) electrons. The van der Waals surface area contributed by atoms with Crippen molar-refractivity contribution in [2.45, 2.75) is 13.1 Å². The van der Waals surface area contributed by atoms with E-state index in [1.165, 1.54) is 6.20 Å². The lowest BCUT2D eigenvalue weighted by Crippen LogP contribution is -2.23. The molecule has 2 aromatic heterocycles. The smallest absolute Gasteiger partial charge is 0.252 e. The molecule has 5 N–H and O–H groups in total. The molecule has 2 heterocycles. The van der Waals surface area contributed by atoms with Crippen LogP contribution >= 0.6 is 0 Å². The van der Waals surface area contributed by atoms with E-state index in [0.29, 0.717) is 35.7 Å². The maximum Gasteiger partial charge on any atom is 0.252 e. The van der Waals surface area contributed by atoms with Gasteiger partial charge in [-0.2, -0.15) is 0 Å². The molecule has 8 nitrogen and oxygen atoms in total. The summed E-state index contributed by atoms with van der Waals surface area (Å²) in [7, 11) is 0. The molecule has 170 valence electrons. The summed E-state index contributed by atoms with van der Waals surface area (Å²) in [6, 6.07) is 24.2. The molecule has 0 fully saturated rings. The summed E-state index contributed by atoms with van der Waals surface area (Å²) < 4.78 is 0. The van der Waals surface area contributed by atoms with Gasteiger partial charge in [-0.15, -0.1) is 0 Å². The van der Waals surface area contributed by atoms with Crippen LogP contribution < -0.4 is 21.7 Å². The van der Waals surface area contributed by atoms with Gasteiger partial charge in [0, 0.05) is 36.3 Å². The Morgan fingerprint density at radius 2 is 1.62 bits per heavy atom. The van der Waals surface area contributed by atoms with Gasteiger partial charge in [0.25, 0.3) is 11.8 Å². The van der Waals surface area contributed by atoms with Crippen molar-refractivity contribution in [1.82, 2.24) is 15.3 Å². The van der Waals surface area contributed by atoms with Crippen LogP contribution in [-0.4, -0.2) is 21.8 Å². The Morgan fingerprint density at radius 3 is 2.32 bits per heavy atom. The maximum absolute atomic E-state index is 12.4. The van der Waals surface area contributed by atoms with Gasteiger partial charge >= 0.3 is 0 Å². The second-order valence-electron chi connectivity index (χ2n) is 7.52. The predicted molar refractivity (Wildman–Crippen MR) is 132 cm³/mol. The predicted octanol–water partition coefficient (Wildman–Crippen LogP) is 3.86. The first-order chi connectivity index (χ1) is 16.6. The van der Waals surface area contributed by atoms with Gasteiger partial charge < -0.3 is 21.7 Å². The Bertz CT molecular complexity index is 1260. The number of hydrogen-bond acceptors (Lipinski definition) is 6. The highest BCUT2D eigenvalue weighted by Gasteiger charge is 2.11. The molecule has 0 bridgehead atoms. The Labute approximate surface area is 197 Å². The maximum atomic E-state index is 12.4. The number of anilines is 3. The summed E-state index contributed by atoms with van der Waals surface area (Å²) in [6.07, 6.45) is 3.13. The van der Waals surface area contributed by atoms with Crippen molar-refractivity contribution in [3.63, 3.8) is 0 Å². The average Bonchev–Trinajstić information content (AvgIpc) is 2.87. The van der Waals surface area contributed by atoms with Crippen molar-refractivity contribution in [3.05, 3.63) is 114 Å². The SMILES string of the molecule is NC(=O)c1cnc(Nc2ccc(C(=O)NCc3ccccn3)cc2)cc1NCc1ccccc1. The number of nitrogens with two attached hydrogens (primary N) is 1. The van der Waals surface area contributed by atoms with Crippen molar-refractivity contribution in [2.75, 3.05) is 10.6 Å². The van der Waals surface area contributed by atoms with Gasteiger partial charge in [0.2, 0.25) is 0 Å². The van der Waals surface area contributed by atoms with Crippen molar-refractivity contribution < 1.29 is 9.59 Å². The molecule has 0 unspecified atom stereocenters. The summed E-state index contributed by atoms with van der Waals surface area (Å²) in [5, 5.41) is 9.29. The number of nitrogens with zero attached hydrogens (tertiary/aromatic N) is 2. The van der Waals surface area contributed by atoms with E-state index in [1.807, 2.05) is 48.5 Å². The molecule has 0 aliphatic rings. The van der Waals surface area contributed by atoms with Gasteiger partial charge in [0.15, 0.2) is 0 Å². The minimum Gasteiger partial charge on any atom is -0.380 e. The van der Waals surface area contributed by atoms with Gasteiger partial charge in [-0.3, -0.25) is 14.6 Å². The second kappa shape index (κ2) is 10.7. The Morgan fingerprint density at radius 1 is 0.853 bits per heavy atom. The van der Waals surface area contributed by atoms with Crippen molar-refractivity contribution >= 4 is 29.0 Å². The number of amides is 2. The fraction of sp³-hybridized carbons (Fsp3) is 0.0769. The summed E-state index contributed by atoms with van der Waals surface area (Å²) in [6.45, 7) is 0.890. The second-order valence-corrected chi connectivity index (χ2v) is 7.52. The summed E-state index contributed by atoms with van der Waals surface area (Å²) in [5.41, 5.74) is 9.54. The van der Waals surface area contributed by atoms with Crippen LogP contribution in [0.2, 0.25) is 0 Å². The molecule has 0 atom stereocenters. The largest absolute Gasteiger partial charge is 0.380 e. The van der Waals surface area contributed by atoms with Gasteiger partial charge in [-0.05, 0) is 42.0 Å². The van der Waals surface area contributed by atoms with Gasteiger partial charge in [-0.25, -0.2) is 4.98 Å². The zero-order valence-electron chi connectivity index (χ0n) is 18.4. The fourth-order valence-corrected chi connectivity index (χ4v) is 3.29. The van der Waals surface area contributed by atoms with Crippen LogP contribution in [0.5, 0.6) is 0 Å². The number of pyridine rings is 2. The van der Waals surface area contributed by atoms with Crippen LogP contribution in [0.25, 0.3) is 0 Å². The van der Waals surface area contributed by atoms with E-state index in [2.05, 4.69) is 25.9 Å². The molecule has 8 heteroatoms. The van der Waals surface area contributed by atoms with Gasteiger partial charge in [0.05, 0.1) is 23.5 Å². The number of rotatable bonds is 9. The lowest BCUT2D eigenvalue weighted by molar-refractivity contribution is 0.0949. The highest BCUT2D eigenvalue weighted by molar-refractivity contribution is 5.98. The normalized spacial score (nSPS) is 10.4. The van der Waals surface area contributed by atoms with Crippen LogP contribution in [0.3, 0.4) is 0 Å². The minimum atomic E-state index is -0.560. The first-order valence-corrected chi connectivity index (χ1v) is 10.7. The molecule has 34 heavy (non-hydrogen) atoms. The number of carbonyl (C=O) groups is 2. The van der Waals surface area contributed by atoms with Crippen molar-refractivity contribution in [3.8, 4) is 0 Å². The number of hydrogen-bond donors (Lipinski definition) is 4. The molecule has 4 aromatic rings. The molecule has 0 aliphatic heterocycles. The van der Waals surface area contributed by atoms with E-state index >= 15 is 0 Å². The Kier molecular flexibility index (Phi) is 7.09. The molecule has 0 saturated heterocycles. The third kappa shape index (κ3) is 5.95. The highest BCUT2D eigenvalue weighted by atomic mass is 16.2. The minimum absolute atomic E-state index is 0.187. The number of carbonyl (C=O) groups excluding carboxylic acids is 2. The van der Waals surface area contributed by atoms with E-state index in [9.17, 15) is 9.59 Å². The lowest BCUT2D eigenvalue weighted by Gasteiger charge is -2.13. The summed E-state index contributed by atoms with van der Waals surface area (Å²) >= 11 is 0. The molecule has 2 aromatic carbocycles. The molecule has 0 saturated carbocycles. The van der Waals surface area contributed by atoms with E-state index < -0.39 is 5.91 Å². The first-order valence-electron chi connectivity index (χ1n) is 10.7. The van der Waals surface area contributed by atoms with E-state index in [4.69, 9.17) is 5.73 Å². The zero-order chi connectivity index (χ0) is 23.8. The van der Waals surface area contributed by atoms with Crippen LogP contribution in [0.15, 0.2) is 91.3 Å². The van der Waals surface area contributed by atoms with E-state index in [-0.39, 0.29) is 5.91 Å². The zero-order valence-corrected chi connectivity index (χ0v) is 18.4. The molecule has 0 spiro atoms. The number of primary amides is 1. The van der Waals surface area contributed by atoms with Crippen LogP contribution in [0.4, 0.5) is 17.2 Å². The van der Waals surface area contributed by atoms with Crippen LogP contribution in [-0.2, 0) is 13.1 Å². The summed E-state index contributed by atoms with van der Waals surface area (Å²) in [5.74, 6) is -0.211. The molecular formula is C26H24N6O2. The van der Waals surface area contributed by atoms with E-state index in [1.54, 1.807) is 36.5 Å². The average molecular weight is 453 g/mol. The number of nitrogens with one attached hydrogen (secondary N) is 3. The topological polar surface area (TPSA) is 122 Å².